The van der Waals surface area contributed by atoms with Crippen LogP contribution in [0.2, 0.25) is 0 Å². The van der Waals surface area contributed by atoms with Crippen molar-refractivity contribution in [2.24, 2.45) is 10.9 Å². The van der Waals surface area contributed by atoms with Crippen molar-refractivity contribution in [2.75, 3.05) is 0 Å². The summed E-state index contributed by atoms with van der Waals surface area (Å²) in [4.78, 5) is 4.30. The summed E-state index contributed by atoms with van der Waals surface area (Å²) in [6, 6.07) is 0. The van der Waals surface area contributed by atoms with Gasteiger partial charge in [0.15, 0.2) is 0 Å². The minimum atomic E-state index is 0.697. The van der Waals surface area contributed by atoms with Crippen LogP contribution in [0.5, 0.6) is 0 Å². The quantitative estimate of drug-likeness (QED) is 0.589. The first-order valence-electron chi connectivity index (χ1n) is 5.39. The lowest BCUT2D eigenvalue weighted by molar-refractivity contribution is 0.418. The maximum atomic E-state index is 4.30. The highest BCUT2D eigenvalue weighted by molar-refractivity contribution is 5.60. The van der Waals surface area contributed by atoms with Crippen LogP contribution in [0, 0.1) is 5.92 Å². The lowest BCUT2D eigenvalue weighted by Crippen LogP contribution is -2.05. The van der Waals surface area contributed by atoms with Crippen LogP contribution < -0.4 is 5.32 Å². The van der Waals surface area contributed by atoms with Gasteiger partial charge in [-0.3, -0.25) is 0 Å². The number of hydrogen-bond acceptors (Lipinski definition) is 1. The zero-order valence-corrected chi connectivity index (χ0v) is 8.08. The van der Waals surface area contributed by atoms with E-state index in [0.717, 1.165) is 0 Å². The van der Waals surface area contributed by atoms with Crippen molar-refractivity contribution in [3.8, 4) is 0 Å². The fraction of sp³-hybridized carbons (Fsp3) is 0.727. The molecule has 1 aliphatic heterocycles. The summed E-state index contributed by atoms with van der Waals surface area (Å²) in [5.41, 5.74) is 1.22. The van der Waals surface area contributed by atoms with Crippen molar-refractivity contribution in [3.63, 3.8) is 0 Å². The maximum Gasteiger partial charge on any atom is 0.115 e. The number of nitrogens with zero attached hydrogens (tertiary/aromatic N) is 2. The Morgan fingerprint density at radius 2 is 1.69 bits per heavy atom. The van der Waals surface area contributed by atoms with E-state index in [1.165, 1.54) is 50.6 Å². The normalized spacial score (nSPS) is 24.8. The maximum absolute atomic E-state index is 4.30. The van der Waals surface area contributed by atoms with Gasteiger partial charge in [0.05, 0.1) is 11.9 Å². The molecule has 13 heavy (non-hydrogen) atoms. The van der Waals surface area contributed by atoms with Gasteiger partial charge < -0.3 is 0 Å². The Hall–Kier alpha value is -0.790. The van der Waals surface area contributed by atoms with Crippen molar-refractivity contribution in [3.05, 3.63) is 11.9 Å². The Kier molecular flexibility index (Phi) is 3.01. The summed E-state index contributed by atoms with van der Waals surface area (Å²) in [5, 5.41) is 4.04. The monoisotopic (exact) mass is 177 g/mol. The SMILES string of the molecule is C1=NC(C2CCCCCCC2)=C[N]1. The van der Waals surface area contributed by atoms with Gasteiger partial charge in [-0.25, -0.2) is 10.3 Å². The lowest BCUT2D eigenvalue weighted by Gasteiger charge is -2.18. The third-order valence-electron chi connectivity index (χ3n) is 3.00. The summed E-state index contributed by atoms with van der Waals surface area (Å²) in [5.74, 6) is 0.697. The van der Waals surface area contributed by atoms with E-state index in [0.29, 0.717) is 5.92 Å². The zero-order valence-electron chi connectivity index (χ0n) is 8.08. The highest BCUT2D eigenvalue weighted by atomic mass is 15.0. The molecule has 0 aromatic heterocycles. The van der Waals surface area contributed by atoms with Crippen molar-refractivity contribution in [1.29, 1.82) is 0 Å². The first-order chi connectivity index (χ1) is 6.47. The zero-order chi connectivity index (χ0) is 8.93. The van der Waals surface area contributed by atoms with E-state index in [9.17, 15) is 0 Å². The molecule has 0 atom stereocenters. The molecular formula is C11H17N2. The van der Waals surface area contributed by atoms with Gasteiger partial charge in [-0.05, 0) is 12.8 Å². The molecule has 1 radical (unpaired) electrons. The smallest absolute Gasteiger partial charge is 0.115 e. The number of rotatable bonds is 1. The fourth-order valence-corrected chi connectivity index (χ4v) is 2.21. The first kappa shape index (κ1) is 8.79. The molecular weight excluding hydrogens is 160 g/mol. The third kappa shape index (κ3) is 2.33. The standard InChI is InChI=1S/C11H17N2/c1-2-4-6-10(7-5-3-1)11-8-12-9-13-11/h8-10H,1-7H2. The molecule has 0 amide bonds. The summed E-state index contributed by atoms with van der Waals surface area (Å²) in [6.07, 6.45) is 13.2. The molecule has 0 N–H and O–H groups in total. The largest absolute Gasteiger partial charge is 0.243 e. The number of aliphatic imine (C=N–C) groups is 1. The van der Waals surface area contributed by atoms with Gasteiger partial charge in [0, 0.05) is 5.92 Å². The Morgan fingerprint density at radius 3 is 2.31 bits per heavy atom. The molecule has 1 fully saturated rings. The summed E-state index contributed by atoms with van der Waals surface area (Å²) >= 11 is 0. The van der Waals surface area contributed by atoms with Crippen LogP contribution in [0.1, 0.15) is 44.9 Å². The van der Waals surface area contributed by atoms with Gasteiger partial charge in [-0.2, -0.15) is 0 Å². The minimum absolute atomic E-state index is 0.697. The molecule has 2 aliphatic rings. The Balaban J connectivity index is 1.91. The molecule has 1 saturated carbocycles. The topological polar surface area (TPSA) is 26.5 Å². The van der Waals surface area contributed by atoms with Gasteiger partial charge >= 0.3 is 0 Å². The van der Waals surface area contributed by atoms with E-state index in [-0.39, 0.29) is 0 Å². The predicted molar refractivity (Wildman–Crippen MR) is 54.5 cm³/mol. The van der Waals surface area contributed by atoms with Crippen LogP contribution in [0.4, 0.5) is 0 Å². The van der Waals surface area contributed by atoms with E-state index < -0.39 is 0 Å². The Bertz CT molecular complexity index is 210. The summed E-state index contributed by atoms with van der Waals surface area (Å²) < 4.78 is 0. The molecule has 0 aromatic carbocycles. The van der Waals surface area contributed by atoms with Crippen molar-refractivity contribution in [2.45, 2.75) is 44.9 Å². The molecule has 0 aromatic rings. The van der Waals surface area contributed by atoms with Gasteiger partial charge in [-0.1, -0.05) is 32.1 Å². The second-order valence-electron chi connectivity index (χ2n) is 3.99. The van der Waals surface area contributed by atoms with Crippen LogP contribution in [0.3, 0.4) is 0 Å². The second-order valence-corrected chi connectivity index (χ2v) is 3.99. The van der Waals surface area contributed by atoms with E-state index in [2.05, 4.69) is 10.3 Å². The van der Waals surface area contributed by atoms with Crippen LogP contribution in [0.15, 0.2) is 16.9 Å². The molecule has 0 spiro atoms. The highest BCUT2D eigenvalue weighted by Crippen LogP contribution is 2.29. The molecule has 0 bridgehead atoms. The Labute approximate surface area is 80.1 Å². The van der Waals surface area contributed by atoms with E-state index in [1.807, 2.05) is 6.20 Å². The second kappa shape index (κ2) is 4.45. The average molecular weight is 177 g/mol. The van der Waals surface area contributed by atoms with Gasteiger partial charge in [0.2, 0.25) is 0 Å². The first-order valence-corrected chi connectivity index (χ1v) is 5.39. The van der Waals surface area contributed by atoms with Crippen molar-refractivity contribution < 1.29 is 0 Å². The van der Waals surface area contributed by atoms with Crippen LogP contribution >= 0.6 is 0 Å². The number of hydrogen-bond donors (Lipinski definition) is 0. The predicted octanol–water partition coefficient (Wildman–Crippen LogP) is 2.83. The molecule has 71 valence electrons. The highest BCUT2D eigenvalue weighted by Gasteiger charge is 2.16. The molecule has 2 heteroatoms. The molecule has 1 heterocycles. The fourth-order valence-electron chi connectivity index (χ4n) is 2.21. The van der Waals surface area contributed by atoms with Crippen molar-refractivity contribution in [1.82, 2.24) is 5.32 Å². The van der Waals surface area contributed by atoms with Gasteiger partial charge in [-0.15, -0.1) is 0 Å². The molecule has 0 unspecified atom stereocenters. The van der Waals surface area contributed by atoms with E-state index in [4.69, 9.17) is 0 Å². The van der Waals surface area contributed by atoms with Crippen LogP contribution in [0.25, 0.3) is 0 Å². The van der Waals surface area contributed by atoms with Gasteiger partial charge in [0.1, 0.15) is 6.34 Å². The Morgan fingerprint density at radius 1 is 1.00 bits per heavy atom. The van der Waals surface area contributed by atoms with Crippen molar-refractivity contribution >= 4 is 6.34 Å². The summed E-state index contributed by atoms with van der Waals surface area (Å²) in [7, 11) is 0. The third-order valence-corrected chi connectivity index (χ3v) is 3.00. The van der Waals surface area contributed by atoms with Crippen LogP contribution in [-0.2, 0) is 0 Å². The number of allylic oxidation sites excluding steroid dienone is 1. The lowest BCUT2D eigenvalue weighted by atomic mass is 9.89. The average Bonchev–Trinajstić information content (AvgIpc) is 2.55. The molecule has 0 saturated heterocycles. The minimum Gasteiger partial charge on any atom is -0.243 e. The molecule has 2 nitrogen and oxygen atoms in total. The van der Waals surface area contributed by atoms with E-state index in [1.54, 1.807) is 6.34 Å². The summed E-state index contributed by atoms with van der Waals surface area (Å²) in [6.45, 7) is 0. The van der Waals surface area contributed by atoms with Crippen LogP contribution in [-0.4, -0.2) is 6.34 Å². The molecule has 2 rings (SSSR count). The van der Waals surface area contributed by atoms with E-state index >= 15 is 0 Å². The van der Waals surface area contributed by atoms with Gasteiger partial charge in [0.25, 0.3) is 0 Å². The molecule has 1 aliphatic carbocycles.